The molecule has 0 bridgehead atoms. The number of nitrogens with one attached hydrogen (secondary N) is 2. The smallest absolute Gasteiger partial charge is 0.191 e. The monoisotopic (exact) mass is 319 g/mol. The normalized spacial score (nSPS) is 18.0. The Kier molecular flexibility index (Phi) is 7.20. The minimum absolute atomic E-state index is 0.158. The summed E-state index contributed by atoms with van der Waals surface area (Å²) >= 11 is 0. The molecule has 1 fully saturated rings. The lowest BCUT2D eigenvalue weighted by Gasteiger charge is -2.16. The van der Waals surface area contributed by atoms with Crippen LogP contribution in [0.3, 0.4) is 0 Å². The largest absolute Gasteiger partial charge is 0.488 e. The van der Waals surface area contributed by atoms with Crippen molar-refractivity contribution in [2.45, 2.75) is 46.3 Å². The minimum Gasteiger partial charge on any atom is -0.488 e. The Morgan fingerprint density at radius 1 is 1.35 bits per heavy atom. The molecule has 0 spiro atoms. The average molecular weight is 319 g/mol. The van der Waals surface area contributed by atoms with Crippen molar-refractivity contribution in [2.24, 2.45) is 4.99 Å². The number of rotatable bonds is 7. The molecule has 2 rings (SSSR count). The maximum absolute atomic E-state index is 6.13. The van der Waals surface area contributed by atoms with Crippen LogP contribution in [0.25, 0.3) is 0 Å². The molecule has 5 nitrogen and oxygen atoms in total. The summed E-state index contributed by atoms with van der Waals surface area (Å²) in [7, 11) is 0. The van der Waals surface area contributed by atoms with Crippen molar-refractivity contribution in [3.8, 4) is 5.75 Å². The van der Waals surface area contributed by atoms with Gasteiger partial charge in [-0.25, -0.2) is 4.99 Å². The number of nitrogens with zero attached hydrogens (tertiary/aromatic N) is 1. The van der Waals surface area contributed by atoms with E-state index in [9.17, 15) is 0 Å². The summed E-state index contributed by atoms with van der Waals surface area (Å²) in [5.74, 6) is 1.78. The van der Waals surface area contributed by atoms with Gasteiger partial charge in [-0.15, -0.1) is 0 Å². The molecule has 1 heterocycles. The van der Waals surface area contributed by atoms with E-state index in [1.54, 1.807) is 0 Å². The predicted octanol–water partition coefficient (Wildman–Crippen LogP) is 2.63. The molecule has 1 aliphatic heterocycles. The number of ether oxygens (including phenoxy) is 2. The van der Waals surface area contributed by atoms with E-state index in [0.29, 0.717) is 13.2 Å². The molecular weight excluding hydrogens is 290 g/mol. The van der Waals surface area contributed by atoms with E-state index in [1.165, 1.54) is 5.56 Å². The molecule has 1 atom stereocenters. The van der Waals surface area contributed by atoms with Crippen molar-refractivity contribution in [1.82, 2.24) is 10.6 Å². The summed E-state index contributed by atoms with van der Waals surface area (Å²) in [6, 6.07) is 6.30. The molecule has 23 heavy (non-hydrogen) atoms. The van der Waals surface area contributed by atoms with Crippen molar-refractivity contribution in [3.05, 3.63) is 29.3 Å². The highest BCUT2D eigenvalue weighted by Gasteiger charge is 2.18. The van der Waals surface area contributed by atoms with Crippen LogP contribution in [0.4, 0.5) is 0 Å². The summed E-state index contributed by atoms with van der Waals surface area (Å²) in [6.45, 7) is 10.1. The molecular formula is C18H29N3O2. The number of benzene rings is 1. The standard InChI is InChI=1S/C18H29N3O2/c1-4-9-20-18(19-5-2)21-12-15-7-6-14(3)11-17(15)23-16-8-10-22-13-16/h6-7,11,16H,4-5,8-10,12-13H2,1-3H3,(H2,19,20,21). The van der Waals surface area contributed by atoms with E-state index in [-0.39, 0.29) is 6.10 Å². The van der Waals surface area contributed by atoms with Crippen LogP contribution in [0.15, 0.2) is 23.2 Å². The molecule has 128 valence electrons. The molecule has 1 unspecified atom stereocenters. The van der Waals surface area contributed by atoms with Gasteiger partial charge >= 0.3 is 0 Å². The number of hydrogen-bond donors (Lipinski definition) is 2. The Labute approximate surface area is 139 Å². The van der Waals surface area contributed by atoms with Crippen molar-refractivity contribution in [3.63, 3.8) is 0 Å². The van der Waals surface area contributed by atoms with Gasteiger partial charge in [0.15, 0.2) is 5.96 Å². The van der Waals surface area contributed by atoms with Gasteiger partial charge in [0.1, 0.15) is 11.9 Å². The molecule has 5 heteroatoms. The van der Waals surface area contributed by atoms with Gasteiger partial charge in [-0.3, -0.25) is 0 Å². The lowest BCUT2D eigenvalue weighted by Crippen LogP contribution is -2.37. The number of aryl methyl sites for hydroxylation is 1. The quantitative estimate of drug-likeness (QED) is 0.599. The fourth-order valence-corrected chi connectivity index (χ4v) is 2.44. The summed E-state index contributed by atoms with van der Waals surface area (Å²) in [5.41, 5.74) is 2.30. The fourth-order valence-electron chi connectivity index (χ4n) is 2.44. The SMILES string of the molecule is CCCNC(=NCc1ccc(C)cc1OC1CCOC1)NCC. The van der Waals surface area contributed by atoms with Gasteiger partial charge in [-0.2, -0.15) is 0 Å². The van der Waals surface area contributed by atoms with E-state index >= 15 is 0 Å². The molecule has 1 aromatic carbocycles. The van der Waals surface area contributed by atoms with E-state index < -0.39 is 0 Å². The van der Waals surface area contributed by atoms with E-state index in [1.807, 2.05) is 0 Å². The minimum atomic E-state index is 0.158. The molecule has 1 aliphatic rings. The van der Waals surface area contributed by atoms with Gasteiger partial charge in [-0.1, -0.05) is 19.1 Å². The van der Waals surface area contributed by atoms with Crippen LogP contribution in [-0.2, 0) is 11.3 Å². The van der Waals surface area contributed by atoms with Crippen molar-refractivity contribution < 1.29 is 9.47 Å². The molecule has 0 amide bonds. The summed E-state index contributed by atoms with van der Waals surface area (Å²) in [6.07, 6.45) is 2.19. The number of aliphatic imine (C=N–C) groups is 1. The first-order valence-corrected chi connectivity index (χ1v) is 8.59. The Morgan fingerprint density at radius 3 is 2.91 bits per heavy atom. The van der Waals surface area contributed by atoms with Gasteiger partial charge in [0.05, 0.1) is 19.8 Å². The van der Waals surface area contributed by atoms with Gasteiger partial charge in [0, 0.05) is 25.1 Å². The first kappa shape index (κ1) is 17.6. The van der Waals surface area contributed by atoms with Crippen molar-refractivity contribution in [2.75, 3.05) is 26.3 Å². The molecule has 1 aromatic rings. The van der Waals surface area contributed by atoms with E-state index in [4.69, 9.17) is 9.47 Å². The van der Waals surface area contributed by atoms with E-state index in [2.05, 4.69) is 54.6 Å². The van der Waals surface area contributed by atoms with Gasteiger partial charge < -0.3 is 20.1 Å². The number of guanidine groups is 1. The van der Waals surface area contributed by atoms with Gasteiger partial charge in [0.25, 0.3) is 0 Å². The van der Waals surface area contributed by atoms with Crippen molar-refractivity contribution >= 4 is 5.96 Å². The van der Waals surface area contributed by atoms with Crippen LogP contribution < -0.4 is 15.4 Å². The third-order valence-electron chi connectivity index (χ3n) is 3.70. The highest BCUT2D eigenvalue weighted by atomic mass is 16.5. The Balaban J connectivity index is 2.07. The zero-order valence-corrected chi connectivity index (χ0v) is 14.5. The topological polar surface area (TPSA) is 54.9 Å². The second-order valence-corrected chi connectivity index (χ2v) is 5.84. The second-order valence-electron chi connectivity index (χ2n) is 5.84. The molecule has 2 N–H and O–H groups in total. The van der Waals surface area contributed by atoms with Gasteiger partial charge in [0.2, 0.25) is 0 Å². The molecule has 0 aromatic heterocycles. The summed E-state index contributed by atoms with van der Waals surface area (Å²) in [5, 5.41) is 6.59. The molecule has 1 saturated heterocycles. The second kappa shape index (κ2) is 9.40. The summed E-state index contributed by atoms with van der Waals surface area (Å²) in [4.78, 5) is 4.67. The maximum atomic E-state index is 6.13. The van der Waals surface area contributed by atoms with Crippen molar-refractivity contribution in [1.29, 1.82) is 0 Å². The van der Waals surface area contributed by atoms with Crippen LogP contribution in [0, 0.1) is 6.92 Å². The fraction of sp³-hybridized carbons (Fsp3) is 0.611. The van der Waals surface area contributed by atoms with Crippen LogP contribution in [0.2, 0.25) is 0 Å². The highest BCUT2D eigenvalue weighted by Crippen LogP contribution is 2.24. The van der Waals surface area contributed by atoms with Crippen LogP contribution in [0.5, 0.6) is 5.75 Å². The number of hydrogen-bond acceptors (Lipinski definition) is 3. The molecule has 0 saturated carbocycles. The van der Waals surface area contributed by atoms with Crippen LogP contribution >= 0.6 is 0 Å². The van der Waals surface area contributed by atoms with Crippen LogP contribution in [0.1, 0.15) is 37.8 Å². The first-order chi connectivity index (χ1) is 11.2. The zero-order chi connectivity index (χ0) is 16.5. The van der Waals surface area contributed by atoms with Crippen LogP contribution in [-0.4, -0.2) is 38.4 Å². The van der Waals surface area contributed by atoms with Gasteiger partial charge in [-0.05, 0) is 31.9 Å². The molecule has 0 aliphatic carbocycles. The Hall–Kier alpha value is -1.75. The highest BCUT2D eigenvalue weighted by molar-refractivity contribution is 5.79. The zero-order valence-electron chi connectivity index (χ0n) is 14.5. The predicted molar refractivity (Wildman–Crippen MR) is 94.1 cm³/mol. The maximum Gasteiger partial charge on any atom is 0.191 e. The van der Waals surface area contributed by atoms with E-state index in [0.717, 1.165) is 49.8 Å². The lowest BCUT2D eigenvalue weighted by molar-refractivity contribution is 0.140. The third kappa shape index (κ3) is 5.75. The Morgan fingerprint density at radius 2 is 2.22 bits per heavy atom. The molecule has 0 radical (unpaired) electrons. The Bertz CT molecular complexity index is 511. The first-order valence-electron chi connectivity index (χ1n) is 8.59. The average Bonchev–Trinajstić information content (AvgIpc) is 3.04. The third-order valence-corrected chi connectivity index (χ3v) is 3.70. The summed E-state index contributed by atoms with van der Waals surface area (Å²) < 4.78 is 11.5. The lowest BCUT2D eigenvalue weighted by atomic mass is 10.1.